The van der Waals surface area contributed by atoms with Crippen LogP contribution in [0.25, 0.3) is 11.4 Å². The van der Waals surface area contributed by atoms with E-state index in [1.165, 1.54) is 23.3 Å². The third kappa shape index (κ3) is 3.86. The van der Waals surface area contributed by atoms with Crippen molar-refractivity contribution in [3.05, 3.63) is 71.4 Å². The molecule has 2 aromatic carbocycles. The number of nitrogens with zero attached hydrogens (tertiary/aromatic N) is 3. The topological polar surface area (TPSA) is 59.2 Å². The number of benzene rings is 2. The molecular formula is C24H24FN3O2. The van der Waals surface area contributed by atoms with Gasteiger partial charge >= 0.3 is 0 Å². The average molecular weight is 405 g/mol. The predicted molar refractivity (Wildman–Crippen MR) is 110 cm³/mol. The number of amides is 1. The molecule has 5 rings (SSSR count). The quantitative estimate of drug-likeness (QED) is 0.587. The summed E-state index contributed by atoms with van der Waals surface area (Å²) in [7, 11) is 0. The minimum atomic E-state index is -0.308. The van der Waals surface area contributed by atoms with Crippen LogP contribution in [0.5, 0.6) is 0 Å². The lowest BCUT2D eigenvalue weighted by Gasteiger charge is -2.36. The molecule has 0 radical (unpaired) electrons. The van der Waals surface area contributed by atoms with Gasteiger partial charge in [-0.2, -0.15) is 4.98 Å². The van der Waals surface area contributed by atoms with Crippen LogP contribution in [-0.2, 0) is 17.6 Å². The summed E-state index contributed by atoms with van der Waals surface area (Å²) < 4.78 is 18.4. The Morgan fingerprint density at radius 2 is 1.90 bits per heavy atom. The van der Waals surface area contributed by atoms with Gasteiger partial charge in [-0.1, -0.05) is 29.4 Å². The van der Waals surface area contributed by atoms with Crippen LogP contribution in [-0.4, -0.2) is 27.0 Å². The lowest BCUT2D eigenvalue weighted by Crippen LogP contribution is -2.38. The van der Waals surface area contributed by atoms with Crippen LogP contribution >= 0.6 is 0 Å². The zero-order valence-electron chi connectivity index (χ0n) is 16.8. The normalized spacial score (nSPS) is 18.1. The molecule has 1 saturated carbocycles. The van der Waals surface area contributed by atoms with Crippen LogP contribution < -0.4 is 0 Å². The second kappa shape index (κ2) is 8.01. The molecule has 0 saturated heterocycles. The van der Waals surface area contributed by atoms with Gasteiger partial charge in [-0.05, 0) is 67.5 Å². The van der Waals surface area contributed by atoms with E-state index >= 15 is 0 Å². The van der Waals surface area contributed by atoms with E-state index in [1.807, 2.05) is 0 Å². The first kappa shape index (κ1) is 19.0. The van der Waals surface area contributed by atoms with Gasteiger partial charge in [0.15, 0.2) is 0 Å². The number of carbonyl (C=O) groups excluding carboxylic acids is 1. The highest BCUT2D eigenvalue weighted by molar-refractivity contribution is 5.77. The summed E-state index contributed by atoms with van der Waals surface area (Å²) in [5.41, 5.74) is 3.37. The summed E-state index contributed by atoms with van der Waals surface area (Å²) in [4.78, 5) is 19.7. The Morgan fingerprint density at radius 3 is 2.70 bits per heavy atom. The van der Waals surface area contributed by atoms with Gasteiger partial charge < -0.3 is 9.42 Å². The van der Waals surface area contributed by atoms with Crippen molar-refractivity contribution in [2.24, 2.45) is 0 Å². The molecule has 0 aliphatic heterocycles. The van der Waals surface area contributed by atoms with Gasteiger partial charge in [0, 0.05) is 24.4 Å². The van der Waals surface area contributed by atoms with Crippen LogP contribution in [0.1, 0.15) is 55.2 Å². The van der Waals surface area contributed by atoms with E-state index in [0.717, 1.165) is 32.1 Å². The molecule has 1 unspecified atom stereocenters. The summed E-state index contributed by atoms with van der Waals surface area (Å²) in [6.07, 6.45) is 6.15. The minimum absolute atomic E-state index is 0.153. The lowest BCUT2D eigenvalue weighted by molar-refractivity contribution is -0.134. The second-order valence-electron chi connectivity index (χ2n) is 8.16. The van der Waals surface area contributed by atoms with Gasteiger partial charge in [-0.15, -0.1) is 0 Å². The molecule has 1 heterocycles. The fraction of sp³-hybridized carbons (Fsp3) is 0.375. The van der Waals surface area contributed by atoms with Gasteiger partial charge in [0.2, 0.25) is 17.6 Å². The Kier molecular flexibility index (Phi) is 5.07. The SMILES string of the molecule is O=C(CCc1nc(-c2ccc(F)cc2)no1)N(C1CC1)C1CCCc2ccccc21. The van der Waals surface area contributed by atoms with E-state index in [9.17, 15) is 9.18 Å². The van der Waals surface area contributed by atoms with Crippen LogP contribution in [0.15, 0.2) is 53.1 Å². The highest BCUT2D eigenvalue weighted by Gasteiger charge is 2.39. The first-order valence-corrected chi connectivity index (χ1v) is 10.7. The smallest absolute Gasteiger partial charge is 0.227 e. The molecule has 5 nitrogen and oxygen atoms in total. The predicted octanol–water partition coefficient (Wildman–Crippen LogP) is 4.88. The van der Waals surface area contributed by atoms with Gasteiger partial charge in [0.1, 0.15) is 5.82 Å². The number of fused-ring (bicyclic) bond motifs is 1. The number of aromatic nitrogens is 2. The monoisotopic (exact) mass is 405 g/mol. The van der Waals surface area contributed by atoms with Crippen LogP contribution in [0.4, 0.5) is 4.39 Å². The Balaban J connectivity index is 1.28. The molecule has 30 heavy (non-hydrogen) atoms. The van der Waals surface area contributed by atoms with Gasteiger partial charge in [-0.25, -0.2) is 4.39 Å². The van der Waals surface area contributed by atoms with Crippen molar-refractivity contribution in [3.8, 4) is 11.4 Å². The van der Waals surface area contributed by atoms with Crippen molar-refractivity contribution in [3.63, 3.8) is 0 Å². The summed E-state index contributed by atoms with van der Waals surface area (Å²) >= 11 is 0. The second-order valence-corrected chi connectivity index (χ2v) is 8.16. The van der Waals surface area contributed by atoms with Crippen LogP contribution in [0, 0.1) is 5.82 Å². The van der Waals surface area contributed by atoms with Crippen LogP contribution in [0.2, 0.25) is 0 Å². The number of rotatable bonds is 6. The van der Waals surface area contributed by atoms with Crippen molar-refractivity contribution in [1.29, 1.82) is 0 Å². The maximum atomic E-state index is 13.2. The molecule has 3 aromatic rings. The number of halogens is 1. The highest BCUT2D eigenvalue weighted by Crippen LogP contribution is 2.41. The Morgan fingerprint density at radius 1 is 1.10 bits per heavy atom. The molecule has 1 atom stereocenters. The number of carbonyl (C=O) groups is 1. The van der Waals surface area contributed by atoms with Crippen molar-refractivity contribution < 1.29 is 13.7 Å². The van der Waals surface area contributed by atoms with Crippen molar-refractivity contribution in [2.75, 3.05) is 0 Å². The largest absolute Gasteiger partial charge is 0.339 e. The van der Waals surface area contributed by atoms with Crippen molar-refractivity contribution in [1.82, 2.24) is 15.0 Å². The molecule has 1 amide bonds. The molecule has 2 aliphatic rings. The third-order valence-corrected chi connectivity index (χ3v) is 6.03. The van der Waals surface area contributed by atoms with E-state index < -0.39 is 0 Å². The van der Waals surface area contributed by atoms with Gasteiger partial charge in [-0.3, -0.25) is 4.79 Å². The fourth-order valence-electron chi connectivity index (χ4n) is 4.42. The molecule has 1 aromatic heterocycles. The summed E-state index contributed by atoms with van der Waals surface area (Å²) in [5.74, 6) is 0.693. The van der Waals surface area contributed by atoms with E-state index in [2.05, 4.69) is 39.3 Å². The lowest BCUT2D eigenvalue weighted by atomic mass is 9.86. The number of hydrogen-bond donors (Lipinski definition) is 0. The Hall–Kier alpha value is -3.02. The zero-order chi connectivity index (χ0) is 20.5. The van der Waals surface area contributed by atoms with Crippen molar-refractivity contribution >= 4 is 5.91 Å². The Bertz CT molecular complexity index is 1040. The minimum Gasteiger partial charge on any atom is -0.339 e. The van der Waals surface area contributed by atoms with Gasteiger partial charge in [0.05, 0.1) is 6.04 Å². The summed E-state index contributed by atoms with van der Waals surface area (Å²) in [5, 5.41) is 3.97. The fourth-order valence-corrected chi connectivity index (χ4v) is 4.42. The first-order chi connectivity index (χ1) is 14.7. The number of hydrogen-bond acceptors (Lipinski definition) is 4. The van der Waals surface area contributed by atoms with E-state index in [4.69, 9.17) is 4.52 Å². The molecule has 0 spiro atoms. The molecule has 0 N–H and O–H groups in total. The van der Waals surface area contributed by atoms with E-state index in [-0.39, 0.29) is 17.8 Å². The summed E-state index contributed by atoms with van der Waals surface area (Å²) in [6.45, 7) is 0. The first-order valence-electron chi connectivity index (χ1n) is 10.7. The van der Waals surface area contributed by atoms with Gasteiger partial charge in [0.25, 0.3) is 0 Å². The third-order valence-electron chi connectivity index (χ3n) is 6.03. The molecule has 0 bridgehead atoms. The number of aryl methyl sites for hydroxylation is 2. The van der Waals surface area contributed by atoms with Crippen LogP contribution in [0.3, 0.4) is 0 Å². The van der Waals surface area contributed by atoms with Crippen molar-refractivity contribution in [2.45, 2.75) is 57.0 Å². The highest BCUT2D eigenvalue weighted by atomic mass is 19.1. The summed E-state index contributed by atoms with van der Waals surface area (Å²) in [6, 6.07) is 15.0. The maximum Gasteiger partial charge on any atom is 0.227 e. The van der Waals surface area contributed by atoms with E-state index in [1.54, 1.807) is 12.1 Å². The maximum absolute atomic E-state index is 13.2. The molecule has 2 aliphatic carbocycles. The molecule has 154 valence electrons. The molecular weight excluding hydrogens is 381 g/mol. The average Bonchev–Trinajstić information content (AvgIpc) is 3.49. The standard InChI is InChI=1S/C24H24FN3O2/c25-18-10-8-17(9-11-18)24-26-22(30-27-24)14-15-23(29)28(19-12-13-19)21-7-3-5-16-4-1-2-6-20(16)21/h1-2,4,6,8-11,19,21H,3,5,7,12-15H2. The molecule has 1 fully saturated rings. The zero-order valence-corrected chi connectivity index (χ0v) is 16.8. The Labute approximate surface area is 174 Å². The molecule has 6 heteroatoms. The van der Waals surface area contributed by atoms with E-state index in [0.29, 0.717) is 36.2 Å².